The first-order chi connectivity index (χ1) is 8.85. The molecule has 0 atom stereocenters. The number of carbonyl (C=O) groups excluding carboxylic acids is 1. The maximum absolute atomic E-state index is 10.9. The number of carbonyl (C=O) groups is 1. The van der Waals surface area contributed by atoms with Crippen LogP contribution in [0, 0.1) is 12.3 Å². The van der Waals surface area contributed by atoms with Crippen molar-refractivity contribution < 1.29 is 4.79 Å². The Balaban J connectivity index is 2.01. The van der Waals surface area contributed by atoms with Crippen molar-refractivity contribution >= 4 is 17.3 Å². The van der Waals surface area contributed by atoms with Gasteiger partial charge in [-0.15, -0.1) is 12.3 Å². The minimum absolute atomic E-state index is 0.604. The number of amides is 1. The molecule has 0 aliphatic heterocycles. The van der Waals surface area contributed by atoms with E-state index in [1.54, 1.807) is 4.90 Å². The van der Waals surface area contributed by atoms with Crippen LogP contribution in [0.25, 0.3) is 10.9 Å². The number of nitrogens with zero attached hydrogens (tertiary/aromatic N) is 1. The zero-order valence-electron chi connectivity index (χ0n) is 10.2. The Morgan fingerprint density at radius 2 is 2.17 bits per heavy atom. The highest BCUT2D eigenvalue weighted by Crippen LogP contribution is 2.18. The molecule has 1 aromatic carbocycles. The van der Waals surface area contributed by atoms with Crippen LogP contribution in [0.5, 0.6) is 0 Å². The summed E-state index contributed by atoms with van der Waals surface area (Å²) in [5.74, 6) is 2.55. The number of para-hydroxylation sites is 1. The average molecular weight is 240 g/mol. The molecule has 1 N–H and O–H groups in total. The summed E-state index contributed by atoms with van der Waals surface area (Å²) in [5, 5.41) is 1.22. The molecule has 1 heterocycles. The summed E-state index contributed by atoms with van der Waals surface area (Å²) in [5.41, 5.74) is 2.37. The van der Waals surface area contributed by atoms with Gasteiger partial charge in [0.25, 0.3) is 0 Å². The van der Waals surface area contributed by atoms with E-state index in [1.807, 2.05) is 18.3 Å². The molecule has 0 fully saturated rings. The summed E-state index contributed by atoms with van der Waals surface area (Å²) in [4.78, 5) is 15.8. The lowest BCUT2D eigenvalue weighted by Crippen LogP contribution is -2.25. The second kappa shape index (κ2) is 5.92. The topological polar surface area (TPSA) is 36.1 Å². The van der Waals surface area contributed by atoms with Crippen molar-refractivity contribution in [3.05, 3.63) is 36.0 Å². The SMILES string of the molecule is C#CCCN(C=O)CCc1c[nH]c2ccccc12. The van der Waals surface area contributed by atoms with Crippen LogP contribution in [0.15, 0.2) is 30.5 Å². The fraction of sp³-hybridized carbons (Fsp3) is 0.267. The number of rotatable bonds is 6. The summed E-state index contributed by atoms with van der Waals surface area (Å²) in [6.07, 6.45) is 9.52. The molecule has 0 aliphatic rings. The molecule has 2 aromatic rings. The molecule has 2 rings (SSSR count). The normalized spacial score (nSPS) is 10.2. The highest BCUT2D eigenvalue weighted by molar-refractivity contribution is 5.83. The number of aromatic amines is 1. The molecule has 3 heteroatoms. The van der Waals surface area contributed by atoms with Crippen LogP contribution in [-0.4, -0.2) is 29.4 Å². The van der Waals surface area contributed by atoms with Crippen molar-refractivity contribution in [1.82, 2.24) is 9.88 Å². The standard InChI is InChI=1S/C15H16N2O/c1-2-3-9-17(12-18)10-8-13-11-16-15-7-5-4-6-14(13)15/h1,4-7,11-12,16H,3,8-10H2. The second-order valence-corrected chi connectivity index (χ2v) is 4.20. The highest BCUT2D eigenvalue weighted by atomic mass is 16.1. The van der Waals surface area contributed by atoms with Gasteiger partial charge in [-0.3, -0.25) is 4.79 Å². The van der Waals surface area contributed by atoms with E-state index in [9.17, 15) is 4.79 Å². The third-order valence-electron chi connectivity index (χ3n) is 3.04. The molecular weight excluding hydrogens is 224 g/mol. The Bertz CT molecular complexity index is 565. The Labute approximate surface area is 107 Å². The number of terminal acetylenes is 1. The highest BCUT2D eigenvalue weighted by Gasteiger charge is 2.05. The number of benzene rings is 1. The first-order valence-electron chi connectivity index (χ1n) is 6.03. The predicted octanol–water partition coefficient (Wildman–Crippen LogP) is 2.19. The molecule has 0 radical (unpaired) electrons. The van der Waals surface area contributed by atoms with Gasteiger partial charge >= 0.3 is 0 Å². The molecule has 0 saturated heterocycles. The largest absolute Gasteiger partial charge is 0.361 e. The third kappa shape index (κ3) is 2.72. The monoisotopic (exact) mass is 240 g/mol. The zero-order chi connectivity index (χ0) is 12.8. The van der Waals surface area contributed by atoms with Gasteiger partial charge in [-0.25, -0.2) is 0 Å². The molecule has 0 bridgehead atoms. The van der Waals surface area contributed by atoms with E-state index in [2.05, 4.69) is 23.0 Å². The number of H-pyrrole nitrogens is 1. The number of fused-ring (bicyclic) bond motifs is 1. The van der Waals surface area contributed by atoms with Crippen molar-refractivity contribution in [2.75, 3.05) is 13.1 Å². The number of hydrogen-bond donors (Lipinski definition) is 1. The van der Waals surface area contributed by atoms with Crippen LogP contribution in [0.2, 0.25) is 0 Å². The van der Waals surface area contributed by atoms with E-state index in [1.165, 1.54) is 10.9 Å². The van der Waals surface area contributed by atoms with Gasteiger partial charge in [-0.2, -0.15) is 0 Å². The van der Waals surface area contributed by atoms with Crippen molar-refractivity contribution in [2.24, 2.45) is 0 Å². The van der Waals surface area contributed by atoms with Gasteiger partial charge in [0.1, 0.15) is 0 Å². The van der Waals surface area contributed by atoms with Gasteiger partial charge < -0.3 is 9.88 Å². The molecule has 3 nitrogen and oxygen atoms in total. The molecule has 0 spiro atoms. The Hall–Kier alpha value is -2.21. The first kappa shape index (κ1) is 12.3. The van der Waals surface area contributed by atoms with Gasteiger partial charge in [0.15, 0.2) is 0 Å². The smallest absolute Gasteiger partial charge is 0.209 e. The van der Waals surface area contributed by atoms with Crippen LogP contribution < -0.4 is 0 Å². The van der Waals surface area contributed by atoms with Crippen molar-refractivity contribution in [3.8, 4) is 12.3 Å². The minimum Gasteiger partial charge on any atom is -0.361 e. The Kier molecular flexibility index (Phi) is 4.03. The van der Waals surface area contributed by atoms with Crippen LogP contribution in [0.4, 0.5) is 0 Å². The minimum atomic E-state index is 0.604. The van der Waals surface area contributed by atoms with Crippen LogP contribution in [0.3, 0.4) is 0 Å². The van der Waals surface area contributed by atoms with Crippen LogP contribution in [-0.2, 0) is 11.2 Å². The molecule has 1 aromatic heterocycles. The Morgan fingerprint density at radius 3 is 2.94 bits per heavy atom. The molecule has 92 valence electrons. The van der Waals surface area contributed by atoms with Gasteiger partial charge in [-0.1, -0.05) is 18.2 Å². The van der Waals surface area contributed by atoms with Crippen molar-refractivity contribution in [2.45, 2.75) is 12.8 Å². The fourth-order valence-electron chi connectivity index (χ4n) is 2.03. The summed E-state index contributed by atoms with van der Waals surface area (Å²) in [7, 11) is 0. The molecule has 1 amide bonds. The fourth-order valence-corrected chi connectivity index (χ4v) is 2.03. The maximum Gasteiger partial charge on any atom is 0.209 e. The molecule has 0 saturated carbocycles. The summed E-state index contributed by atoms with van der Waals surface area (Å²) < 4.78 is 0. The van der Waals surface area contributed by atoms with E-state index in [-0.39, 0.29) is 0 Å². The molecular formula is C15H16N2O. The van der Waals surface area contributed by atoms with E-state index in [0.717, 1.165) is 18.3 Å². The Morgan fingerprint density at radius 1 is 1.33 bits per heavy atom. The van der Waals surface area contributed by atoms with Gasteiger partial charge in [-0.05, 0) is 18.1 Å². The summed E-state index contributed by atoms with van der Waals surface area (Å²) in [6.45, 7) is 1.33. The van der Waals surface area contributed by atoms with E-state index in [4.69, 9.17) is 6.42 Å². The molecule has 0 aliphatic carbocycles. The average Bonchev–Trinajstić information content (AvgIpc) is 2.82. The van der Waals surface area contributed by atoms with E-state index in [0.29, 0.717) is 19.5 Å². The van der Waals surface area contributed by atoms with E-state index < -0.39 is 0 Å². The first-order valence-corrected chi connectivity index (χ1v) is 6.03. The zero-order valence-corrected chi connectivity index (χ0v) is 10.2. The second-order valence-electron chi connectivity index (χ2n) is 4.20. The lowest BCUT2D eigenvalue weighted by molar-refractivity contribution is -0.118. The third-order valence-corrected chi connectivity index (χ3v) is 3.04. The lowest BCUT2D eigenvalue weighted by Gasteiger charge is -2.15. The van der Waals surface area contributed by atoms with Crippen molar-refractivity contribution in [1.29, 1.82) is 0 Å². The lowest BCUT2D eigenvalue weighted by atomic mass is 10.1. The summed E-state index contributed by atoms with van der Waals surface area (Å²) >= 11 is 0. The van der Waals surface area contributed by atoms with Gasteiger partial charge in [0.2, 0.25) is 6.41 Å². The summed E-state index contributed by atoms with van der Waals surface area (Å²) in [6, 6.07) is 8.17. The molecule has 18 heavy (non-hydrogen) atoms. The number of aromatic nitrogens is 1. The number of nitrogens with one attached hydrogen (secondary N) is 1. The predicted molar refractivity (Wildman–Crippen MR) is 73.1 cm³/mol. The van der Waals surface area contributed by atoms with Gasteiger partial charge in [0, 0.05) is 36.6 Å². The van der Waals surface area contributed by atoms with Crippen LogP contribution >= 0.6 is 0 Å². The van der Waals surface area contributed by atoms with E-state index >= 15 is 0 Å². The molecule has 0 unspecified atom stereocenters. The van der Waals surface area contributed by atoms with Crippen molar-refractivity contribution in [3.63, 3.8) is 0 Å². The quantitative estimate of drug-likeness (QED) is 0.610. The number of hydrogen-bond acceptors (Lipinski definition) is 1. The van der Waals surface area contributed by atoms with Gasteiger partial charge in [0.05, 0.1) is 0 Å². The maximum atomic E-state index is 10.9. The van der Waals surface area contributed by atoms with Crippen LogP contribution in [0.1, 0.15) is 12.0 Å².